The molecule has 106 valence electrons. The van der Waals surface area contributed by atoms with Gasteiger partial charge in [0.25, 0.3) is 0 Å². The maximum Gasteiger partial charge on any atom is 0.319 e. The van der Waals surface area contributed by atoms with Crippen molar-refractivity contribution in [3.05, 3.63) is 35.8 Å². The van der Waals surface area contributed by atoms with Crippen LogP contribution in [0.25, 0.3) is 10.6 Å². The van der Waals surface area contributed by atoms with Gasteiger partial charge in [0.15, 0.2) is 0 Å². The fourth-order valence-electron chi connectivity index (χ4n) is 1.81. The van der Waals surface area contributed by atoms with Crippen LogP contribution >= 0.6 is 11.3 Å². The molecule has 0 aliphatic rings. The Kier molecular flexibility index (Phi) is 5.55. The molecule has 4 nitrogen and oxygen atoms in total. The zero-order valence-electron chi connectivity index (χ0n) is 11.6. The van der Waals surface area contributed by atoms with Crippen molar-refractivity contribution >= 4 is 23.1 Å². The molecule has 5 heteroatoms. The second-order valence-corrected chi connectivity index (χ2v) is 5.40. The minimum absolute atomic E-state index is 0.150. The molecule has 0 spiro atoms. The zero-order chi connectivity index (χ0) is 14.2. The molecule has 0 atom stereocenters. The van der Waals surface area contributed by atoms with E-state index in [0.717, 1.165) is 42.1 Å². The molecule has 0 saturated heterocycles. The van der Waals surface area contributed by atoms with Crippen molar-refractivity contribution < 1.29 is 4.79 Å². The van der Waals surface area contributed by atoms with Crippen LogP contribution in [0.2, 0.25) is 0 Å². The third-order valence-electron chi connectivity index (χ3n) is 2.89. The first kappa shape index (κ1) is 14.5. The van der Waals surface area contributed by atoms with E-state index in [9.17, 15) is 4.79 Å². The highest BCUT2D eigenvalue weighted by Gasteiger charge is 2.03. The predicted molar refractivity (Wildman–Crippen MR) is 84.1 cm³/mol. The fraction of sp³-hybridized carbons (Fsp3) is 0.333. The molecule has 0 fully saturated rings. The lowest BCUT2D eigenvalue weighted by atomic mass is 10.2. The van der Waals surface area contributed by atoms with Crippen LogP contribution in [0.3, 0.4) is 0 Å². The SMILES string of the molecule is CCCCCNC(=O)Nc1ccc(-c2nccs2)cc1. The zero-order valence-corrected chi connectivity index (χ0v) is 12.4. The summed E-state index contributed by atoms with van der Waals surface area (Å²) in [5.41, 5.74) is 1.85. The number of unbranched alkanes of at least 4 members (excludes halogenated alkanes) is 2. The second kappa shape index (κ2) is 7.65. The summed E-state index contributed by atoms with van der Waals surface area (Å²) < 4.78 is 0. The van der Waals surface area contributed by atoms with Crippen LogP contribution in [0.5, 0.6) is 0 Å². The van der Waals surface area contributed by atoms with E-state index in [2.05, 4.69) is 22.5 Å². The number of benzene rings is 1. The van der Waals surface area contributed by atoms with E-state index in [1.807, 2.05) is 29.6 Å². The predicted octanol–water partition coefficient (Wildman–Crippen LogP) is 4.12. The molecule has 1 aromatic carbocycles. The van der Waals surface area contributed by atoms with Gasteiger partial charge in [-0.05, 0) is 30.7 Å². The lowest BCUT2D eigenvalue weighted by molar-refractivity contribution is 0.252. The van der Waals surface area contributed by atoms with Crippen LogP contribution in [-0.2, 0) is 0 Å². The lowest BCUT2D eigenvalue weighted by Crippen LogP contribution is -2.29. The number of hydrogen-bond acceptors (Lipinski definition) is 3. The standard InChI is InChI=1S/C15H19N3OS/c1-2-3-4-9-17-15(19)18-13-7-5-12(6-8-13)14-16-10-11-20-14/h5-8,10-11H,2-4,9H2,1H3,(H2,17,18,19). The number of anilines is 1. The number of rotatable bonds is 6. The highest BCUT2D eigenvalue weighted by molar-refractivity contribution is 7.13. The average Bonchev–Trinajstić information content (AvgIpc) is 2.99. The van der Waals surface area contributed by atoms with Gasteiger partial charge < -0.3 is 10.6 Å². The van der Waals surface area contributed by atoms with Crippen LogP contribution in [0.4, 0.5) is 10.5 Å². The Morgan fingerprint density at radius 2 is 2.05 bits per heavy atom. The number of urea groups is 1. The van der Waals surface area contributed by atoms with Crippen LogP contribution in [0, 0.1) is 0 Å². The summed E-state index contributed by atoms with van der Waals surface area (Å²) >= 11 is 1.60. The Labute approximate surface area is 123 Å². The molecule has 20 heavy (non-hydrogen) atoms. The van der Waals surface area contributed by atoms with Gasteiger partial charge in [0, 0.05) is 29.4 Å². The van der Waals surface area contributed by atoms with Crippen LogP contribution in [0.1, 0.15) is 26.2 Å². The van der Waals surface area contributed by atoms with Crippen molar-refractivity contribution in [1.29, 1.82) is 0 Å². The summed E-state index contributed by atoms with van der Waals surface area (Å²) in [5, 5.41) is 8.61. The van der Waals surface area contributed by atoms with Gasteiger partial charge in [-0.25, -0.2) is 9.78 Å². The van der Waals surface area contributed by atoms with Gasteiger partial charge in [-0.15, -0.1) is 11.3 Å². The van der Waals surface area contributed by atoms with Crippen molar-refractivity contribution in [2.45, 2.75) is 26.2 Å². The Morgan fingerprint density at radius 3 is 2.70 bits per heavy atom. The topological polar surface area (TPSA) is 54.0 Å². The summed E-state index contributed by atoms with van der Waals surface area (Å²) in [6.45, 7) is 2.86. The first-order chi connectivity index (χ1) is 9.79. The number of amides is 2. The molecule has 0 radical (unpaired) electrons. The van der Waals surface area contributed by atoms with Crippen molar-refractivity contribution in [1.82, 2.24) is 10.3 Å². The van der Waals surface area contributed by atoms with Crippen molar-refractivity contribution in [3.8, 4) is 10.6 Å². The summed E-state index contributed by atoms with van der Waals surface area (Å²) in [6, 6.07) is 7.56. The monoisotopic (exact) mass is 289 g/mol. The smallest absolute Gasteiger partial charge is 0.319 e. The molecular weight excluding hydrogens is 270 g/mol. The van der Waals surface area contributed by atoms with Gasteiger partial charge in [0.05, 0.1) is 0 Å². The van der Waals surface area contributed by atoms with E-state index in [1.54, 1.807) is 17.5 Å². The quantitative estimate of drug-likeness (QED) is 0.786. The van der Waals surface area contributed by atoms with Crippen molar-refractivity contribution in [2.24, 2.45) is 0 Å². The Morgan fingerprint density at radius 1 is 1.25 bits per heavy atom. The number of thiazole rings is 1. The van der Waals surface area contributed by atoms with E-state index in [4.69, 9.17) is 0 Å². The molecule has 0 aliphatic heterocycles. The lowest BCUT2D eigenvalue weighted by Gasteiger charge is -2.07. The normalized spacial score (nSPS) is 10.2. The molecule has 2 rings (SSSR count). The summed E-state index contributed by atoms with van der Waals surface area (Å²) in [7, 11) is 0. The Balaban J connectivity index is 1.83. The van der Waals surface area contributed by atoms with Gasteiger partial charge in [-0.1, -0.05) is 19.8 Å². The number of carbonyl (C=O) groups is 1. The highest BCUT2D eigenvalue weighted by Crippen LogP contribution is 2.23. The second-order valence-electron chi connectivity index (χ2n) is 4.50. The summed E-state index contributed by atoms with van der Waals surface area (Å²) in [5.74, 6) is 0. The van der Waals surface area contributed by atoms with Crippen molar-refractivity contribution in [2.75, 3.05) is 11.9 Å². The molecule has 0 saturated carbocycles. The van der Waals surface area contributed by atoms with Crippen molar-refractivity contribution in [3.63, 3.8) is 0 Å². The number of carbonyl (C=O) groups excluding carboxylic acids is 1. The minimum atomic E-state index is -0.150. The maximum atomic E-state index is 11.7. The first-order valence-electron chi connectivity index (χ1n) is 6.84. The molecule has 0 bridgehead atoms. The van der Waals surface area contributed by atoms with Gasteiger partial charge in [-0.2, -0.15) is 0 Å². The molecule has 0 unspecified atom stereocenters. The van der Waals surface area contributed by atoms with E-state index < -0.39 is 0 Å². The molecular formula is C15H19N3OS. The van der Waals surface area contributed by atoms with Crippen LogP contribution < -0.4 is 10.6 Å². The van der Waals surface area contributed by atoms with E-state index in [0.29, 0.717) is 0 Å². The largest absolute Gasteiger partial charge is 0.338 e. The van der Waals surface area contributed by atoms with Gasteiger partial charge in [0.1, 0.15) is 5.01 Å². The van der Waals surface area contributed by atoms with E-state index in [-0.39, 0.29) is 6.03 Å². The van der Waals surface area contributed by atoms with Gasteiger partial charge in [-0.3, -0.25) is 0 Å². The molecule has 1 heterocycles. The van der Waals surface area contributed by atoms with Crippen LogP contribution in [-0.4, -0.2) is 17.6 Å². The highest BCUT2D eigenvalue weighted by atomic mass is 32.1. The Bertz CT molecular complexity index is 523. The summed E-state index contributed by atoms with van der Waals surface area (Å²) in [4.78, 5) is 15.9. The number of nitrogens with zero attached hydrogens (tertiary/aromatic N) is 1. The van der Waals surface area contributed by atoms with Gasteiger partial charge in [0.2, 0.25) is 0 Å². The molecule has 0 aliphatic carbocycles. The number of aromatic nitrogens is 1. The molecule has 2 N–H and O–H groups in total. The minimum Gasteiger partial charge on any atom is -0.338 e. The third-order valence-corrected chi connectivity index (χ3v) is 3.71. The molecule has 1 aromatic heterocycles. The third kappa shape index (κ3) is 4.35. The fourth-order valence-corrected chi connectivity index (χ4v) is 2.46. The van der Waals surface area contributed by atoms with E-state index in [1.165, 1.54) is 0 Å². The molecule has 2 aromatic rings. The summed E-state index contributed by atoms with van der Waals surface area (Å²) in [6.07, 6.45) is 5.10. The number of hydrogen-bond donors (Lipinski definition) is 2. The molecule has 2 amide bonds. The van der Waals surface area contributed by atoms with Gasteiger partial charge >= 0.3 is 6.03 Å². The van der Waals surface area contributed by atoms with E-state index >= 15 is 0 Å². The number of nitrogens with one attached hydrogen (secondary N) is 2. The first-order valence-corrected chi connectivity index (χ1v) is 7.72. The van der Waals surface area contributed by atoms with Crippen LogP contribution in [0.15, 0.2) is 35.8 Å². The average molecular weight is 289 g/mol. The maximum absolute atomic E-state index is 11.7. The Hall–Kier alpha value is -1.88.